The Morgan fingerprint density at radius 3 is 2.89 bits per heavy atom. The molecule has 0 unspecified atom stereocenters. The molecule has 1 heterocycles. The SMILES string of the molecule is CCCOc1cccc(CNCc2cc(C)on2)c1. The van der Waals surface area contributed by atoms with E-state index in [2.05, 4.69) is 29.5 Å². The number of nitrogens with one attached hydrogen (secondary N) is 1. The van der Waals surface area contributed by atoms with Crippen molar-refractivity contribution in [2.45, 2.75) is 33.4 Å². The van der Waals surface area contributed by atoms with Gasteiger partial charge < -0.3 is 14.6 Å². The maximum Gasteiger partial charge on any atom is 0.133 e. The zero-order chi connectivity index (χ0) is 13.5. The summed E-state index contributed by atoms with van der Waals surface area (Å²) in [4.78, 5) is 0. The Hall–Kier alpha value is -1.81. The molecule has 4 heteroatoms. The Labute approximate surface area is 113 Å². The molecule has 0 saturated carbocycles. The standard InChI is InChI=1S/C15H20N2O2/c1-3-7-18-15-6-4-5-13(9-15)10-16-11-14-8-12(2)19-17-14/h4-6,8-9,16H,3,7,10-11H2,1-2H3. The molecule has 0 radical (unpaired) electrons. The predicted octanol–water partition coefficient (Wildman–Crippen LogP) is 3.06. The van der Waals surface area contributed by atoms with Gasteiger partial charge in [-0.2, -0.15) is 0 Å². The average Bonchev–Trinajstić information content (AvgIpc) is 2.83. The summed E-state index contributed by atoms with van der Waals surface area (Å²) in [6, 6.07) is 10.1. The lowest BCUT2D eigenvalue weighted by atomic mass is 10.2. The van der Waals surface area contributed by atoms with E-state index < -0.39 is 0 Å². The molecule has 0 fully saturated rings. The number of benzene rings is 1. The quantitative estimate of drug-likeness (QED) is 0.831. The van der Waals surface area contributed by atoms with Gasteiger partial charge >= 0.3 is 0 Å². The Kier molecular flexibility index (Phi) is 4.98. The lowest BCUT2D eigenvalue weighted by Gasteiger charge is -2.07. The molecule has 0 bridgehead atoms. The molecule has 2 rings (SSSR count). The highest BCUT2D eigenvalue weighted by molar-refractivity contribution is 5.28. The summed E-state index contributed by atoms with van der Waals surface area (Å²) in [6.07, 6.45) is 1.02. The van der Waals surface area contributed by atoms with Gasteiger partial charge in [-0.25, -0.2) is 0 Å². The summed E-state index contributed by atoms with van der Waals surface area (Å²) >= 11 is 0. The topological polar surface area (TPSA) is 47.3 Å². The molecule has 0 spiro atoms. The van der Waals surface area contributed by atoms with E-state index in [-0.39, 0.29) is 0 Å². The number of nitrogens with zero attached hydrogens (tertiary/aromatic N) is 1. The van der Waals surface area contributed by atoms with Crippen LogP contribution < -0.4 is 10.1 Å². The first-order chi connectivity index (χ1) is 9.28. The summed E-state index contributed by atoms with van der Waals surface area (Å²) in [6.45, 7) is 6.25. The number of ether oxygens (including phenoxy) is 1. The van der Waals surface area contributed by atoms with E-state index in [1.54, 1.807) is 0 Å². The van der Waals surface area contributed by atoms with Crippen LogP contribution in [0.2, 0.25) is 0 Å². The van der Waals surface area contributed by atoms with Crippen LogP contribution in [0.15, 0.2) is 34.9 Å². The van der Waals surface area contributed by atoms with Crippen LogP contribution in [0.4, 0.5) is 0 Å². The van der Waals surface area contributed by atoms with Crippen LogP contribution in [0, 0.1) is 6.92 Å². The second-order valence-corrected chi connectivity index (χ2v) is 4.53. The van der Waals surface area contributed by atoms with E-state index in [4.69, 9.17) is 9.26 Å². The van der Waals surface area contributed by atoms with Crippen molar-refractivity contribution in [1.82, 2.24) is 10.5 Å². The molecule has 0 aliphatic carbocycles. The third kappa shape index (κ3) is 4.41. The second-order valence-electron chi connectivity index (χ2n) is 4.53. The van der Waals surface area contributed by atoms with Crippen molar-refractivity contribution < 1.29 is 9.26 Å². The molecule has 0 aliphatic heterocycles. The third-order valence-electron chi connectivity index (χ3n) is 2.68. The van der Waals surface area contributed by atoms with Crippen LogP contribution in [0.5, 0.6) is 5.75 Å². The highest BCUT2D eigenvalue weighted by Crippen LogP contribution is 2.13. The van der Waals surface area contributed by atoms with Gasteiger partial charge in [-0.1, -0.05) is 24.2 Å². The minimum atomic E-state index is 0.706. The van der Waals surface area contributed by atoms with E-state index >= 15 is 0 Å². The summed E-state index contributed by atoms with van der Waals surface area (Å²) in [5.41, 5.74) is 2.13. The number of aromatic nitrogens is 1. The Morgan fingerprint density at radius 2 is 2.16 bits per heavy atom. The molecule has 1 aromatic carbocycles. The third-order valence-corrected chi connectivity index (χ3v) is 2.68. The van der Waals surface area contributed by atoms with Crippen molar-refractivity contribution in [3.05, 3.63) is 47.3 Å². The average molecular weight is 260 g/mol. The number of hydrogen-bond acceptors (Lipinski definition) is 4. The van der Waals surface area contributed by atoms with Crippen LogP contribution in [-0.2, 0) is 13.1 Å². The van der Waals surface area contributed by atoms with Gasteiger partial charge in [0.15, 0.2) is 0 Å². The normalized spacial score (nSPS) is 10.6. The second kappa shape index (κ2) is 6.95. The minimum Gasteiger partial charge on any atom is -0.494 e. The predicted molar refractivity (Wildman–Crippen MR) is 74.0 cm³/mol. The first-order valence-electron chi connectivity index (χ1n) is 6.62. The van der Waals surface area contributed by atoms with Gasteiger partial charge in [0.1, 0.15) is 11.5 Å². The van der Waals surface area contributed by atoms with Gasteiger partial charge in [-0.15, -0.1) is 0 Å². The minimum absolute atomic E-state index is 0.706. The number of aryl methyl sites for hydroxylation is 1. The zero-order valence-corrected chi connectivity index (χ0v) is 11.5. The molecular weight excluding hydrogens is 240 g/mol. The van der Waals surface area contributed by atoms with E-state index in [0.717, 1.165) is 36.8 Å². The van der Waals surface area contributed by atoms with Crippen LogP contribution in [-0.4, -0.2) is 11.8 Å². The molecule has 1 N–H and O–H groups in total. The summed E-state index contributed by atoms with van der Waals surface area (Å²) < 4.78 is 10.6. The highest BCUT2D eigenvalue weighted by Gasteiger charge is 2.00. The smallest absolute Gasteiger partial charge is 0.133 e. The molecule has 1 aromatic heterocycles. The van der Waals surface area contributed by atoms with Crippen LogP contribution in [0.1, 0.15) is 30.4 Å². The first kappa shape index (κ1) is 13.6. The molecule has 0 amide bonds. The largest absolute Gasteiger partial charge is 0.494 e. The van der Waals surface area contributed by atoms with E-state index in [0.29, 0.717) is 6.54 Å². The van der Waals surface area contributed by atoms with Crippen LogP contribution in [0.25, 0.3) is 0 Å². The molecular formula is C15H20N2O2. The maximum absolute atomic E-state index is 5.61. The molecule has 102 valence electrons. The van der Waals surface area contributed by atoms with Crippen molar-refractivity contribution in [1.29, 1.82) is 0 Å². The zero-order valence-electron chi connectivity index (χ0n) is 11.5. The van der Waals surface area contributed by atoms with Crippen LogP contribution >= 0.6 is 0 Å². The summed E-state index contributed by atoms with van der Waals surface area (Å²) in [7, 11) is 0. The lowest BCUT2D eigenvalue weighted by Crippen LogP contribution is -2.12. The van der Waals surface area contributed by atoms with Gasteiger partial charge in [-0.3, -0.25) is 0 Å². The Morgan fingerprint density at radius 1 is 1.26 bits per heavy atom. The number of rotatable bonds is 7. The van der Waals surface area contributed by atoms with Crippen LogP contribution in [0.3, 0.4) is 0 Å². The van der Waals surface area contributed by atoms with Gasteiger partial charge in [0.2, 0.25) is 0 Å². The van der Waals surface area contributed by atoms with Crippen molar-refractivity contribution in [3.8, 4) is 5.75 Å². The van der Waals surface area contributed by atoms with Gasteiger partial charge in [0, 0.05) is 19.2 Å². The fraction of sp³-hybridized carbons (Fsp3) is 0.400. The van der Waals surface area contributed by atoms with E-state index in [9.17, 15) is 0 Å². The van der Waals surface area contributed by atoms with Crippen molar-refractivity contribution in [2.75, 3.05) is 6.61 Å². The van der Waals surface area contributed by atoms with Gasteiger partial charge in [0.25, 0.3) is 0 Å². The molecule has 19 heavy (non-hydrogen) atoms. The molecule has 0 saturated heterocycles. The summed E-state index contributed by atoms with van der Waals surface area (Å²) in [5, 5.41) is 7.28. The molecule has 4 nitrogen and oxygen atoms in total. The monoisotopic (exact) mass is 260 g/mol. The van der Waals surface area contributed by atoms with Crippen molar-refractivity contribution in [3.63, 3.8) is 0 Å². The number of hydrogen-bond donors (Lipinski definition) is 1. The van der Waals surface area contributed by atoms with E-state index in [1.165, 1.54) is 5.56 Å². The van der Waals surface area contributed by atoms with Gasteiger partial charge in [-0.05, 0) is 31.0 Å². The molecule has 2 aromatic rings. The van der Waals surface area contributed by atoms with Gasteiger partial charge in [0.05, 0.1) is 12.3 Å². The Balaban J connectivity index is 1.82. The highest BCUT2D eigenvalue weighted by atomic mass is 16.5. The first-order valence-corrected chi connectivity index (χ1v) is 6.62. The Bertz CT molecular complexity index is 508. The fourth-order valence-corrected chi connectivity index (χ4v) is 1.80. The molecule has 0 aliphatic rings. The van der Waals surface area contributed by atoms with E-state index in [1.807, 2.05) is 25.1 Å². The lowest BCUT2D eigenvalue weighted by molar-refractivity contribution is 0.317. The molecule has 0 atom stereocenters. The van der Waals surface area contributed by atoms with Crippen molar-refractivity contribution >= 4 is 0 Å². The fourth-order valence-electron chi connectivity index (χ4n) is 1.80. The maximum atomic E-state index is 5.61. The summed E-state index contributed by atoms with van der Waals surface area (Å²) in [5.74, 6) is 1.77. The van der Waals surface area contributed by atoms with Crippen molar-refractivity contribution in [2.24, 2.45) is 0 Å².